The predicted molar refractivity (Wildman–Crippen MR) is 101 cm³/mol. The van der Waals surface area contributed by atoms with Gasteiger partial charge in [-0.3, -0.25) is 4.79 Å². The van der Waals surface area contributed by atoms with Gasteiger partial charge in [0.05, 0.1) is 42.3 Å². The first-order chi connectivity index (χ1) is 13.9. The molecule has 0 spiro atoms. The first-order valence-electron chi connectivity index (χ1n) is 8.93. The number of nitrogens with one attached hydrogen (secondary N) is 1. The van der Waals surface area contributed by atoms with E-state index in [2.05, 4.69) is 10.3 Å². The number of anilines is 1. The molecule has 0 radical (unpaired) electrons. The second-order valence-electron chi connectivity index (χ2n) is 7.06. The molecule has 1 aliphatic rings. The maximum absolute atomic E-state index is 14.6. The Hall–Kier alpha value is -3.70. The number of carbonyl (C=O) groups is 1. The highest BCUT2D eigenvalue weighted by atomic mass is 19.1. The van der Waals surface area contributed by atoms with Crippen molar-refractivity contribution in [3.63, 3.8) is 0 Å². The molecule has 0 unspecified atom stereocenters. The molecule has 2 atom stereocenters. The quantitative estimate of drug-likeness (QED) is 0.632. The van der Waals surface area contributed by atoms with E-state index >= 15 is 0 Å². The van der Waals surface area contributed by atoms with Crippen LogP contribution in [0.3, 0.4) is 0 Å². The highest BCUT2D eigenvalue weighted by Gasteiger charge is 2.45. The number of rotatable bonds is 4. The van der Waals surface area contributed by atoms with Gasteiger partial charge in [-0.05, 0) is 24.3 Å². The van der Waals surface area contributed by atoms with E-state index < -0.39 is 23.4 Å². The molecule has 0 saturated carbocycles. The number of aromatic hydroxyl groups is 1. The normalized spacial score (nSPS) is 20.1. The lowest BCUT2D eigenvalue weighted by Gasteiger charge is -2.22. The van der Waals surface area contributed by atoms with Crippen LogP contribution in [0.25, 0.3) is 0 Å². The number of benzene rings is 2. The number of nitriles is 1. The Morgan fingerprint density at radius 2 is 2.21 bits per heavy atom. The highest BCUT2D eigenvalue weighted by Crippen LogP contribution is 2.45. The van der Waals surface area contributed by atoms with Crippen LogP contribution in [0.1, 0.15) is 35.7 Å². The molecule has 7 nitrogen and oxygen atoms in total. The molecule has 0 fully saturated rings. The molecular formula is C21H17FN4O3. The summed E-state index contributed by atoms with van der Waals surface area (Å²) in [6.45, 7) is 0. The van der Waals surface area contributed by atoms with Crippen molar-refractivity contribution in [3.8, 4) is 11.8 Å². The van der Waals surface area contributed by atoms with Crippen LogP contribution in [0.5, 0.6) is 5.75 Å². The Kier molecular flexibility index (Phi) is 4.53. The molecule has 0 aliphatic carbocycles. The average Bonchev–Trinajstić information content (AvgIpc) is 3.25. The number of hydrogen-bond acceptors (Lipinski definition) is 5. The number of aliphatic hydroxyl groups is 1. The minimum Gasteiger partial charge on any atom is -0.508 e. The Morgan fingerprint density at radius 3 is 2.93 bits per heavy atom. The molecule has 2 aromatic carbocycles. The van der Waals surface area contributed by atoms with Gasteiger partial charge in [0.15, 0.2) is 0 Å². The summed E-state index contributed by atoms with van der Waals surface area (Å²) < 4.78 is 16.2. The van der Waals surface area contributed by atoms with E-state index in [1.54, 1.807) is 16.7 Å². The smallest absolute Gasteiger partial charge is 0.227 e. The van der Waals surface area contributed by atoms with E-state index in [4.69, 9.17) is 5.26 Å². The molecule has 0 saturated heterocycles. The largest absolute Gasteiger partial charge is 0.508 e. The highest BCUT2D eigenvalue weighted by molar-refractivity contribution is 5.91. The zero-order valence-electron chi connectivity index (χ0n) is 15.2. The lowest BCUT2D eigenvalue weighted by atomic mass is 9.90. The third-order valence-corrected chi connectivity index (χ3v) is 5.08. The molecule has 3 N–H and O–H groups in total. The second kappa shape index (κ2) is 7.04. The number of fused-ring (bicyclic) bond motifs is 1. The van der Waals surface area contributed by atoms with Crippen LogP contribution in [-0.2, 0) is 10.4 Å². The maximum Gasteiger partial charge on any atom is 0.227 e. The molecule has 8 heteroatoms. The van der Waals surface area contributed by atoms with Gasteiger partial charge in [-0.2, -0.15) is 5.26 Å². The first-order valence-corrected chi connectivity index (χ1v) is 8.93. The van der Waals surface area contributed by atoms with Crippen molar-refractivity contribution in [2.24, 2.45) is 0 Å². The van der Waals surface area contributed by atoms with Gasteiger partial charge in [0.25, 0.3) is 0 Å². The van der Waals surface area contributed by atoms with Crippen LogP contribution in [0, 0.1) is 17.1 Å². The van der Waals surface area contributed by atoms with Crippen molar-refractivity contribution in [2.75, 3.05) is 5.32 Å². The maximum atomic E-state index is 14.6. The van der Waals surface area contributed by atoms with Gasteiger partial charge in [0.2, 0.25) is 5.91 Å². The number of phenols is 1. The minimum absolute atomic E-state index is 0.0109. The van der Waals surface area contributed by atoms with Gasteiger partial charge in [-0.15, -0.1) is 0 Å². The van der Waals surface area contributed by atoms with Crippen molar-refractivity contribution in [1.82, 2.24) is 9.55 Å². The Labute approximate surface area is 165 Å². The van der Waals surface area contributed by atoms with Crippen molar-refractivity contribution in [2.45, 2.75) is 24.5 Å². The fraction of sp³-hybridized carbons (Fsp3) is 0.190. The lowest BCUT2D eigenvalue weighted by molar-refractivity contribution is -0.121. The average molecular weight is 392 g/mol. The summed E-state index contributed by atoms with van der Waals surface area (Å²) in [6.07, 6.45) is 2.77. The molecule has 0 bridgehead atoms. The van der Waals surface area contributed by atoms with Gasteiger partial charge in [0, 0.05) is 23.7 Å². The van der Waals surface area contributed by atoms with Gasteiger partial charge >= 0.3 is 0 Å². The van der Waals surface area contributed by atoms with Crippen molar-refractivity contribution in [1.29, 1.82) is 5.26 Å². The summed E-state index contributed by atoms with van der Waals surface area (Å²) in [7, 11) is 0. The number of nitrogens with zero attached hydrogens (tertiary/aromatic N) is 3. The van der Waals surface area contributed by atoms with Crippen molar-refractivity contribution < 1.29 is 19.4 Å². The summed E-state index contributed by atoms with van der Waals surface area (Å²) in [6, 6.07) is 11.6. The van der Waals surface area contributed by atoms with Crippen LogP contribution in [0.4, 0.5) is 10.1 Å². The summed E-state index contributed by atoms with van der Waals surface area (Å²) in [5.41, 5.74) is -0.205. The molecule has 146 valence electrons. The van der Waals surface area contributed by atoms with Crippen LogP contribution >= 0.6 is 0 Å². The van der Waals surface area contributed by atoms with Crippen LogP contribution in [-0.4, -0.2) is 25.7 Å². The van der Waals surface area contributed by atoms with E-state index in [0.29, 0.717) is 16.9 Å². The van der Waals surface area contributed by atoms with E-state index in [-0.39, 0.29) is 24.2 Å². The van der Waals surface area contributed by atoms with Gasteiger partial charge in [0.1, 0.15) is 17.2 Å². The van der Waals surface area contributed by atoms with E-state index in [1.165, 1.54) is 36.8 Å². The summed E-state index contributed by atoms with van der Waals surface area (Å²) in [4.78, 5) is 16.6. The van der Waals surface area contributed by atoms with E-state index in [1.807, 2.05) is 6.07 Å². The molecule has 4 rings (SSSR count). The van der Waals surface area contributed by atoms with E-state index in [9.17, 15) is 19.4 Å². The second-order valence-corrected chi connectivity index (χ2v) is 7.06. The number of imidazole rings is 1. The molecule has 1 amide bonds. The number of aromatic nitrogens is 2. The monoisotopic (exact) mass is 392 g/mol. The van der Waals surface area contributed by atoms with Crippen molar-refractivity contribution in [3.05, 3.63) is 77.6 Å². The summed E-state index contributed by atoms with van der Waals surface area (Å²) >= 11 is 0. The fourth-order valence-corrected chi connectivity index (χ4v) is 3.78. The van der Waals surface area contributed by atoms with Crippen LogP contribution in [0.15, 0.2) is 55.0 Å². The summed E-state index contributed by atoms with van der Waals surface area (Å²) in [5.74, 6) is -0.995. The Morgan fingerprint density at radius 1 is 1.38 bits per heavy atom. The van der Waals surface area contributed by atoms with E-state index in [0.717, 1.165) is 6.07 Å². The van der Waals surface area contributed by atoms with Crippen LogP contribution < -0.4 is 5.32 Å². The molecule has 3 aromatic rings. The molecule has 1 aromatic heterocycles. The standard InChI is InChI=1S/C21H17FN4O3/c22-17-6-13(10-23)4-5-16(17)18-8-21(29,19-11-24-12-26(18)19)9-20(28)25-14-2-1-3-15(27)7-14/h1-7,11-12,18,27,29H,8-9H2,(H,25,28)/t18-,21+/m1/s1. The van der Waals surface area contributed by atoms with Gasteiger partial charge < -0.3 is 20.1 Å². The number of hydrogen-bond donors (Lipinski definition) is 3. The fourth-order valence-electron chi connectivity index (χ4n) is 3.78. The Bertz CT molecular complexity index is 1140. The zero-order chi connectivity index (χ0) is 20.6. The lowest BCUT2D eigenvalue weighted by Crippen LogP contribution is -2.29. The zero-order valence-corrected chi connectivity index (χ0v) is 15.2. The molecule has 1 aliphatic heterocycles. The number of amides is 1. The third kappa shape index (κ3) is 3.44. The minimum atomic E-state index is -1.54. The molecule has 29 heavy (non-hydrogen) atoms. The van der Waals surface area contributed by atoms with Gasteiger partial charge in [-0.1, -0.05) is 12.1 Å². The predicted octanol–water partition coefficient (Wildman–Crippen LogP) is 2.81. The first kappa shape index (κ1) is 18.7. The SMILES string of the molecule is N#Cc1ccc([C@H]2C[C@](O)(CC(=O)Nc3cccc(O)c3)c3cncn32)c(F)c1. The molecular weight excluding hydrogens is 375 g/mol. The Balaban J connectivity index is 1.59. The van der Waals surface area contributed by atoms with Crippen LogP contribution in [0.2, 0.25) is 0 Å². The number of phenolic OH excluding ortho intramolecular Hbond substituents is 1. The number of carbonyl (C=O) groups excluding carboxylic acids is 1. The topological polar surface area (TPSA) is 111 Å². The summed E-state index contributed by atoms with van der Waals surface area (Å²) in [5, 5.41) is 32.3. The third-order valence-electron chi connectivity index (χ3n) is 5.08. The van der Waals surface area contributed by atoms with Crippen molar-refractivity contribution >= 4 is 11.6 Å². The number of halogens is 1. The van der Waals surface area contributed by atoms with Gasteiger partial charge in [-0.25, -0.2) is 9.37 Å². The molecule has 2 heterocycles.